The summed E-state index contributed by atoms with van der Waals surface area (Å²) in [6, 6.07) is 9.41. The van der Waals surface area contributed by atoms with E-state index in [4.69, 9.17) is 9.78 Å². The number of rotatable bonds is 3. The molecule has 0 radical (unpaired) electrons. The minimum absolute atomic E-state index is 0.105. The number of carbonyl (C=O) groups is 1. The Kier molecular flexibility index (Phi) is 3.17. The van der Waals surface area contributed by atoms with Crippen LogP contribution in [0.2, 0.25) is 0 Å². The van der Waals surface area contributed by atoms with Gasteiger partial charge in [-0.15, -0.1) is 0 Å². The highest BCUT2D eigenvalue weighted by molar-refractivity contribution is 5.95. The Morgan fingerprint density at radius 3 is 2.80 bits per heavy atom. The maximum absolute atomic E-state index is 11.7. The SMILES string of the molecule is N#CCc1nc(-c2ccc(N3CCCC3=O)cc2)no1. The summed E-state index contributed by atoms with van der Waals surface area (Å²) < 4.78 is 4.96. The zero-order valence-corrected chi connectivity index (χ0v) is 10.7. The quantitative estimate of drug-likeness (QED) is 0.849. The maximum Gasteiger partial charge on any atom is 0.241 e. The zero-order valence-electron chi connectivity index (χ0n) is 10.7. The van der Waals surface area contributed by atoms with Crippen LogP contribution >= 0.6 is 0 Å². The second-order valence-electron chi connectivity index (χ2n) is 4.54. The van der Waals surface area contributed by atoms with Gasteiger partial charge in [0.25, 0.3) is 0 Å². The van der Waals surface area contributed by atoms with Gasteiger partial charge in [0, 0.05) is 24.2 Å². The van der Waals surface area contributed by atoms with Crippen LogP contribution in [0, 0.1) is 11.3 Å². The molecule has 2 aromatic rings. The van der Waals surface area contributed by atoms with Gasteiger partial charge < -0.3 is 9.42 Å². The van der Waals surface area contributed by atoms with E-state index in [1.165, 1.54) is 0 Å². The van der Waals surface area contributed by atoms with E-state index in [-0.39, 0.29) is 12.3 Å². The van der Waals surface area contributed by atoms with Crippen molar-refractivity contribution in [1.82, 2.24) is 10.1 Å². The number of aromatic nitrogens is 2. The molecule has 100 valence electrons. The Labute approximate surface area is 115 Å². The van der Waals surface area contributed by atoms with Gasteiger partial charge in [0.05, 0.1) is 6.07 Å². The summed E-state index contributed by atoms with van der Waals surface area (Å²) in [5.41, 5.74) is 1.69. The van der Waals surface area contributed by atoms with Crippen molar-refractivity contribution in [3.63, 3.8) is 0 Å². The highest BCUT2D eigenvalue weighted by Gasteiger charge is 2.21. The van der Waals surface area contributed by atoms with Gasteiger partial charge >= 0.3 is 0 Å². The van der Waals surface area contributed by atoms with Gasteiger partial charge in [-0.3, -0.25) is 4.79 Å². The smallest absolute Gasteiger partial charge is 0.241 e. The van der Waals surface area contributed by atoms with Crippen molar-refractivity contribution in [3.05, 3.63) is 30.2 Å². The molecule has 0 aliphatic carbocycles. The first-order chi connectivity index (χ1) is 9.78. The zero-order chi connectivity index (χ0) is 13.9. The number of carbonyl (C=O) groups excluding carboxylic acids is 1. The van der Waals surface area contributed by atoms with Crippen LogP contribution in [0.1, 0.15) is 18.7 Å². The fourth-order valence-electron chi connectivity index (χ4n) is 2.22. The number of amides is 1. The highest BCUT2D eigenvalue weighted by atomic mass is 16.5. The third kappa shape index (κ3) is 2.26. The van der Waals surface area contributed by atoms with Gasteiger partial charge in [-0.05, 0) is 30.7 Å². The lowest BCUT2D eigenvalue weighted by Gasteiger charge is -2.15. The van der Waals surface area contributed by atoms with Crippen LogP contribution in [-0.4, -0.2) is 22.6 Å². The molecule has 1 fully saturated rings. The van der Waals surface area contributed by atoms with Crippen molar-refractivity contribution < 1.29 is 9.32 Å². The molecular weight excluding hydrogens is 256 g/mol. The minimum atomic E-state index is 0.105. The molecule has 2 heterocycles. The van der Waals surface area contributed by atoms with E-state index in [9.17, 15) is 4.79 Å². The van der Waals surface area contributed by atoms with Crippen LogP contribution in [0.4, 0.5) is 5.69 Å². The van der Waals surface area contributed by atoms with Crippen molar-refractivity contribution in [3.8, 4) is 17.5 Å². The topological polar surface area (TPSA) is 83.0 Å². The molecular formula is C14H12N4O2. The van der Waals surface area contributed by atoms with E-state index in [0.29, 0.717) is 18.1 Å². The monoisotopic (exact) mass is 268 g/mol. The van der Waals surface area contributed by atoms with E-state index in [1.807, 2.05) is 30.3 Å². The number of nitriles is 1. The third-order valence-corrected chi connectivity index (χ3v) is 3.21. The van der Waals surface area contributed by atoms with Crippen molar-refractivity contribution in [2.24, 2.45) is 0 Å². The molecule has 0 atom stereocenters. The predicted molar refractivity (Wildman–Crippen MR) is 70.6 cm³/mol. The second kappa shape index (κ2) is 5.13. The molecule has 6 nitrogen and oxygen atoms in total. The fraction of sp³-hybridized carbons (Fsp3) is 0.286. The fourth-order valence-corrected chi connectivity index (χ4v) is 2.22. The first kappa shape index (κ1) is 12.4. The molecule has 0 saturated carbocycles. The van der Waals surface area contributed by atoms with Gasteiger partial charge in [-0.2, -0.15) is 10.2 Å². The van der Waals surface area contributed by atoms with Crippen molar-refractivity contribution >= 4 is 11.6 Å². The van der Waals surface area contributed by atoms with Gasteiger partial charge in [0.15, 0.2) is 0 Å². The Hall–Kier alpha value is -2.68. The van der Waals surface area contributed by atoms with E-state index in [2.05, 4.69) is 10.1 Å². The largest absolute Gasteiger partial charge is 0.338 e. The number of hydrogen-bond acceptors (Lipinski definition) is 5. The first-order valence-electron chi connectivity index (χ1n) is 6.38. The summed E-state index contributed by atoms with van der Waals surface area (Å²) in [6.45, 7) is 0.771. The van der Waals surface area contributed by atoms with E-state index in [0.717, 1.165) is 24.2 Å². The highest BCUT2D eigenvalue weighted by Crippen LogP contribution is 2.24. The Morgan fingerprint density at radius 2 is 2.15 bits per heavy atom. The summed E-state index contributed by atoms with van der Waals surface area (Å²) in [5.74, 6) is 0.921. The number of nitrogens with zero attached hydrogens (tertiary/aromatic N) is 4. The average Bonchev–Trinajstić information content (AvgIpc) is 3.09. The third-order valence-electron chi connectivity index (χ3n) is 3.21. The van der Waals surface area contributed by atoms with Crippen molar-refractivity contribution in [1.29, 1.82) is 5.26 Å². The Bertz CT molecular complexity index is 669. The molecule has 1 amide bonds. The van der Waals surface area contributed by atoms with Crippen LogP contribution in [0.3, 0.4) is 0 Å². The molecule has 6 heteroatoms. The number of anilines is 1. The molecule has 0 bridgehead atoms. The molecule has 0 N–H and O–H groups in total. The second-order valence-corrected chi connectivity index (χ2v) is 4.54. The van der Waals surface area contributed by atoms with Gasteiger partial charge in [-0.1, -0.05) is 5.16 Å². The lowest BCUT2D eigenvalue weighted by atomic mass is 10.2. The first-order valence-corrected chi connectivity index (χ1v) is 6.38. The molecule has 3 rings (SSSR count). The van der Waals surface area contributed by atoms with Gasteiger partial charge in [0.1, 0.15) is 6.42 Å². The lowest BCUT2D eigenvalue weighted by Crippen LogP contribution is -2.23. The van der Waals surface area contributed by atoms with Crippen molar-refractivity contribution in [2.45, 2.75) is 19.3 Å². The lowest BCUT2D eigenvalue weighted by molar-refractivity contribution is -0.117. The maximum atomic E-state index is 11.7. The molecule has 1 aromatic carbocycles. The summed E-state index contributed by atoms with van der Waals surface area (Å²) in [5, 5.41) is 12.4. The normalized spacial score (nSPS) is 14.6. The molecule has 20 heavy (non-hydrogen) atoms. The summed E-state index contributed by atoms with van der Waals surface area (Å²) in [7, 11) is 0. The molecule has 1 saturated heterocycles. The van der Waals surface area contributed by atoms with Crippen LogP contribution in [0.25, 0.3) is 11.4 Å². The summed E-state index contributed by atoms with van der Waals surface area (Å²) in [4.78, 5) is 17.6. The van der Waals surface area contributed by atoms with Crippen LogP contribution in [0.5, 0.6) is 0 Å². The number of hydrogen-bond donors (Lipinski definition) is 0. The average molecular weight is 268 g/mol. The van der Waals surface area contributed by atoms with E-state index >= 15 is 0 Å². The van der Waals surface area contributed by atoms with E-state index < -0.39 is 0 Å². The van der Waals surface area contributed by atoms with Crippen LogP contribution in [0.15, 0.2) is 28.8 Å². The van der Waals surface area contributed by atoms with Crippen molar-refractivity contribution in [2.75, 3.05) is 11.4 Å². The molecule has 1 aliphatic heterocycles. The standard InChI is InChI=1S/C14H12N4O2/c15-8-7-12-16-14(17-20-12)10-3-5-11(6-4-10)18-9-1-2-13(18)19/h3-6H,1-2,7,9H2. The Balaban J connectivity index is 1.81. The molecule has 1 aromatic heterocycles. The van der Waals surface area contributed by atoms with Crippen LogP contribution < -0.4 is 4.90 Å². The van der Waals surface area contributed by atoms with E-state index in [1.54, 1.807) is 4.90 Å². The van der Waals surface area contributed by atoms with Gasteiger partial charge in [-0.25, -0.2) is 0 Å². The molecule has 0 spiro atoms. The van der Waals surface area contributed by atoms with Crippen LogP contribution in [-0.2, 0) is 11.2 Å². The molecule has 1 aliphatic rings. The summed E-state index contributed by atoms with van der Waals surface area (Å²) >= 11 is 0. The minimum Gasteiger partial charge on any atom is -0.338 e. The predicted octanol–water partition coefficient (Wildman–Crippen LogP) is 1.93. The summed E-state index contributed by atoms with van der Waals surface area (Å²) in [6.07, 6.45) is 1.63. The Morgan fingerprint density at radius 1 is 1.35 bits per heavy atom. The van der Waals surface area contributed by atoms with Gasteiger partial charge in [0.2, 0.25) is 17.6 Å². The number of benzene rings is 1. The molecule has 0 unspecified atom stereocenters.